The number of anilines is 1. The van der Waals surface area contributed by atoms with Gasteiger partial charge in [-0.2, -0.15) is 4.98 Å². The van der Waals surface area contributed by atoms with Crippen molar-refractivity contribution in [3.63, 3.8) is 0 Å². The molecule has 0 amide bonds. The lowest BCUT2D eigenvalue weighted by molar-refractivity contribution is 0.120. The van der Waals surface area contributed by atoms with Crippen LogP contribution in [-0.4, -0.2) is 29.4 Å². The van der Waals surface area contributed by atoms with E-state index >= 15 is 0 Å². The third kappa shape index (κ3) is 2.73. The number of benzene rings is 1. The number of rotatable bonds is 4. The SMILES string of the molecule is Fc1ccccc1-c1noc(NCC2CCCO2)n1. The maximum atomic E-state index is 13.6. The Morgan fingerprint density at radius 2 is 2.26 bits per heavy atom. The molecule has 1 N–H and O–H groups in total. The molecule has 1 aromatic heterocycles. The number of hydrogen-bond acceptors (Lipinski definition) is 5. The molecule has 0 bridgehead atoms. The van der Waals surface area contributed by atoms with Crippen LogP contribution in [0.3, 0.4) is 0 Å². The fourth-order valence-corrected chi connectivity index (χ4v) is 2.05. The minimum atomic E-state index is -0.367. The van der Waals surface area contributed by atoms with E-state index in [-0.39, 0.29) is 23.8 Å². The molecular formula is C13H14FN3O2. The molecule has 0 saturated carbocycles. The van der Waals surface area contributed by atoms with E-state index in [9.17, 15) is 4.39 Å². The number of ether oxygens (including phenoxy) is 1. The van der Waals surface area contributed by atoms with Crippen LogP contribution >= 0.6 is 0 Å². The maximum Gasteiger partial charge on any atom is 0.321 e. The van der Waals surface area contributed by atoms with E-state index in [0.717, 1.165) is 19.4 Å². The summed E-state index contributed by atoms with van der Waals surface area (Å²) < 4.78 is 24.1. The highest BCUT2D eigenvalue weighted by Crippen LogP contribution is 2.21. The Morgan fingerprint density at radius 3 is 3.05 bits per heavy atom. The second-order valence-electron chi connectivity index (χ2n) is 4.42. The van der Waals surface area contributed by atoms with Crippen molar-refractivity contribution in [3.05, 3.63) is 30.1 Å². The largest absolute Gasteiger partial charge is 0.376 e. The van der Waals surface area contributed by atoms with Gasteiger partial charge in [0, 0.05) is 13.2 Å². The summed E-state index contributed by atoms with van der Waals surface area (Å²) >= 11 is 0. The second-order valence-corrected chi connectivity index (χ2v) is 4.42. The molecule has 0 aliphatic carbocycles. The van der Waals surface area contributed by atoms with E-state index in [1.807, 2.05) is 0 Å². The smallest absolute Gasteiger partial charge is 0.321 e. The summed E-state index contributed by atoms with van der Waals surface area (Å²) in [7, 11) is 0. The van der Waals surface area contributed by atoms with Gasteiger partial charge < -0.3 is 14.6 Å². The van der Waals surface area contributed by atoms with Crippen LogP contribution < -0.4 is 5.32 Å². The number of nitrogens with one attached hydrogen (secondary N) is 1. The Balaban J connectivity index is 1.67. The van der Waals surface area contributed by atoms with E-state index in [0.29, 0.717) is 12.1 Å². The highest BCUT2D eigenvalue weighted by Gasteiger charge is 2.17. The predicted octanol–water partition coefficient (Wildman–Crippen LogP) is 2.47. The number of halogens is 1. The lowest BCUT2D eigenvalue weighted by Gasteiger charge is -2.07. The molecule has 1 aromatic carbocycles. The van der Waals surface area contributed by atoms with Gasteiger partial charge in [0.05, 0.1) is 11.7 Å². The van der Waals surface area contributed by atoms with Gasteiger partial charge in [-0.1, -0.05) is 17.3 Å². The van der Waals surface area contributed by atoms with Gasteiger partial charge >= 0.3 is 6.01 Å². The van der Waals surface area contributed by atoms with E-state index < -0.39 is 0 Å². The van der Waals surface area contributed by atoms with Gasteiger partial charge in [0.2, 0.25) is 5.82 Å². The van der Waals surface area contributed by atoms with Crippen LogP contribution in [0.2, 0.25) is 0 Å². The first-order valence-corrected chi connectivity index (χ1v) is 6.27. The van der Waals surface area contributed by atoms with Crippen molar-refractivity contribution in [2.45, 2.75) is 18.9 Å². The molecule has 100 valence electrons. The Labute approximate surface area is 109 Å². The van der Waals surface area contributed by atoms with Gasteiger partial charge in [-0.25, -0.2) is 4.39 Å². The zero-order valence-corrected chi connectivity index (χ0v) is 10.3. The Hall–Kier alpha value is -1.95. The van der Waals surface area contributed by atoms with Crippen LogP contribution in [0, 0.1) is 5.82 Å². The lowest BCUT2D eigenvalue weighted by atomic mass is 10.2. The molecule has 6 heteroatoms. The number of nitrogens with zero attached hydrogens (tertiary/aromatic N) is 2. The normalized spacial score (nSPS) is 18.7. The zero-order valence-electron chi connectivity index (χ0n) is 10.3. The molecule has 0 radical (unpaired) electrons. The summed E-state index contributed by atoms with van der Waals surface area (Å²) in [5.74, 6) is -0.123. The molecule has 1 fully saturated rings. The van der Waals surface area contributed by atoms with E-state index in [1.54, 1.807) is 18.2 Å². The summed E-state index contributed by atoms with van der Waals surface area (Å²) in [5, 5.41) is 6.77. The number of aromatic nitrogens is 2. The monoisotopic (exact) mass is 263 g/mol. The lowest BCUT2D eigenvalue weighted by Crippen LogP contribution is -2.18. The molecule has 1 saturated heterocycles. The molecule has 19 heavy (non-hydrogen) atoms. The molecule has 3 rings (SSSR count). The fourth-order valence-electron chi connectivity index (χ4n) is 2.05. The van der Waals surface area contributed by atoms with Crippen molar-refractivity contribution in [1.29, 1.82) is 0 Å². The molecule has 2 heterocycles. The van der Waals surface area contributed by atoms with Crippen LogP contribution in [-0.2, 0) is 4.74 Å². The van der Waals surface area contributed by atoms with E-state index in [1.165, 1.54) is 6.07 Å². The predicted molar refractivity (Wildman–Crippen MR) is 67.2 cm³/mol. The summed E-state index contributed by atoms with van der Waals surface area (Å²) in [5.41, 5.74) is 0.330. The third-order valence-electron chi connectivity index (χ3n) is 3.05. The van der Waals surface area contributed by atoms with E-state index in [4.69, 9.17) is 9.26 Å². The topological polar surface area (TPSA) is 60.2 Å². The van der Waals surface area contributed by atoms with Crippen LogP contribution in [0.5, 0.6) is 0 Å². The van der Waals surface area contributed by atoms with Crippen molar-refractivity contribution < 1.29 is 13.7 Å². The van der Waals surface area contributed by atoms with Gasteiger partial charge in [0.15, 0.2) is 0 Å². The maximum absolute atomic E-state index is 13.6. The van der Waals surface area contributed by atoms with Crippen LogP contribution in [0.4, 0.5) is 10.4 Å². The second kappa shape index (κ2) is 5.36. The van der Waals surface area contributed by atoms with Crippen LogP contribution in [0.25, 0.3) is 11.4 Å². The van der Waals surface area contributed by atoms with E-state index in [2.05, 4.69) is 15.5 Å². The van der Waals surface area contributed by atoms with Gasteiger partial charge in [-0.3, -0.25) is 0 Å². The molecule has 1 aliphatic heterocycles. The van der Waals surface area contributed by atoms with Crippen LogP contribution in [0.1, 0.15) is 12.8 Å². The summed E-state index contributed by atoms with van der Waals surface area (Å²) in [6.45, 7) is 1.43. The molecule has 2 aromatic rings. The minimum absolute atomic E-state index is 0.184. The molecule has 1 atom stereocenters. The third-order valence-corrected chi connectivity index (χ3v) is 3.05. The van der Waals surface area contributed by atoms with Gasteiger partial charge in [-0.05, 0) is 25.0 Å². The molecule has 1 unspecified atom stereocenters. The van der Waals surface area contributed by atoms with Crippen molar-refractivity contribution in [2.24, 2.45) is 0 Å². The summed E-state index contributed by atoms with van der Waals surface area (Å²) in [6.07, 6.45) is 2.29. The molecular weight excluding hydrogens is 249 g/mol. The first-order chi connectivity index (χ1) is 9.33. The highest BCUT2D eigenvalue weighted by atomic mass is 19.1. The quantitative estimate of drug-likeness (QED) is 0.918. The molecule has 0 spiro atoms. The van der Waals surface area contributed by atoms with Crippen molar-refractivity contribution in [2.75, 3.05) is 18.5 Å². The first kappa shape index (κ1) is 12.1. The molecule has 5 nitrogen and oxygen atoms in total. The van der Waals surface area contributed by atoms with Crippen molar-refractivity contribution in [3.8, 4) is 11.4 Å². The highest BCUT2D eigenvalue weighted by molar-refractivity contribution is 5.56. The summed E-state index contributed by atoms with van der Waals surface area (Å²) in [4.78, 5) is 4.12. The van der Waals surface area contributed by atoms with Gasteiger partial charge in [0.25, 0.3) is 0 Å². The zero-order chi connectivity index (χ0) is 13.1. The minimum Gasteiger partial charge on any atom is -0.376 e. The number of hydrogen-bond donors (Lipinski definition) is 1. The fraction of sp³-hybridized carbons (Fsp3) is 0.385. The van der Waals surface area contributed by atoms with Crippen LogP contribution in [0.15, 0.2) is 28.8 Å². The molecule has 1 aliphatic rings. The van der Waals surface area contributed by atoms with Crippen molar-refractivity contribution >= 4 is 6.01 Å². The van der Waals surface area contributed by atoms with Crippen molar-refractivity contribution in [1.82, 2.24) is 10.1 Å². The summed E-state index contributed by atoms with van der Waals surface area (Å²) in [6, 6.07) is 6.62. The van der Waals surface area contributed by atoms with Gasteiger partial charge in [-0.15, -0.1) is 0 Å². The first-order valence-electron chi connectivity index (χ1n) is 6.27. The van der Waals surface area contributed by atoms with Gasteiger partial charge in [0.1, 0.15) is 5.82 Å². The standard InChI is InChI=1S/C13H14FN3O2/c14-11-6-2-1-5-10(11)12-16-13(19-17-12)15-8-9-4-3-7-18-9/h1-2,5-6,9H,3-4,7-8H2,(H,15,16,17). The Bertz CT molecular complexity index is 552. The Kier molecular flexibility index (Phi) is 3.41. The average molecular weight is 263 g/mol. The average Bonchev–Trinajstić information content (AvgIpc) is 3.08. The Morgan fingerprint density at radius 1 is 1.37 bits per heavy atom.